The van der Waals surface area contributed by atoms with Crippen LogP contribution in [0.5, 0.6) is 0 Å². The fourth-order valence-electron chi connectivity index (χ4n) is 2.19. The summed E-state index contributed by atoms with van der Waals surface area (Å²) in [5, 5.41) is 6.52. The Kier molecular flexibility index (Phi) is 5.57. The molecule has 1 aromatic carbocycles. The number of rotatable bonds is 5. The molecule has 1 aromatic rings. The second-order valence-corrected chi connectivity index (χ2v) is 7.88. The smallest absolute Gasteiger partial charge is 0.293 e. The predicted molar refractivity (Wildman–Crippen MR) is 104 cm³/mol. The van der Waals surface area contributed by atoms with E-state index in [0.29, 0.717) is 29.1 Å². The van der Waals surface area contributed by atoms with Crippen LogP contribution in [-0.4, -0.2) is 40.3 Å². The van der Waals surface area contributed by atoms with Gasteiger partial charge in [-0.2, -0.15) is 0 Å². The van der Waals surface area contributed by atoms with Crippen LogP contribution in [0.4, 0.5) is 4.79 Å². The Labute approximate surface area is 158 Å². The molecule has 1 aliphatic heterocycles. The van der Waals surface area contributed by atoms with Gasteiger partial charge in [-0.3, -0.25) is 14.5 Å². The zero-order chi connectivity index (χ0) is 17.1. The molecule has 3 rings (SSSR count). The van der Waals surface area contributed by atoms with Crippen molar-refractivity contribution in [3.63, 3.8) is 0 Å². The Morgan fingerprint density at radius 1 is 1.42 bits per heavy atom. The summed E-state index contributed by atoms with van der Waals surface area (Å²) in [6, 6.07) is 8.07. The highest BCUT2D eigenvalue weighted by Crippen LogP contribution is 2.32. The summed E-state index contributed by atoms with van der Waals surface area (Å²) in [7, 11) is 0. The lowest BCUT2D eigenvalue weighted by atomic mass is 10.2. The molecular formula is C16H16BrN3O2S2. The van der Waals surface area contributed by atoms with Gasteiger partial charge in [-0.15, -0.1) is 0 Å². The summed E-state index contributed by atoms with van der Waals surface area (Å²) in [6.45, 7) is 0.744. The van der Waals surface area contributed by atoms with Crippen LogP contribution < -0.4 is 10.6 Å². The summed E-state index contributed by atoms with van der Waals surface area (Å²) in [6.07, 6.45) is 4.03. The molecule has 8 heteroatoms. The van der Waals surface area contributed by atoms with Crippen molar-refractivity contribution in [1.82, 2.24) is 15.5 Å². The molecule has 0 aromatic heterocycles. The molecule has 1 saturated heterocycles. The number of carbonyl (C=O) groups is 2. The molecule has 0 atom stereocenters. The molecule has 2 aliphatic rings. The molecule has 0 spiro atoms. The molecule has 5 nitrogen and oxygen atoms in total. The lowest BCUT2D eigenvalue weighted by Crippen LogP contribution is -2.42. The third kappa shape index (κ3) is 4.58. The normalized spacial score (nSPS) is 19.0. The molecule has 2 amide bonds. The minimum absolute atomic E-state index is 0.246. The number of hydrogen-bond donors (Lipinski definition) is 2. The number of hydrogen-bond acceptors (Lipinski definition) is 4. The highest BCUT2D eigenvalue weighted by Gasteiger charge is 2.34. The Hall–Kier alpha value is -1.38. The van der Waals surface area contributed by atoms with Crippen LogP contribution in [-0.2, 0) is 4.79 Å². The number of halogens is 1. The van der Waals surface area contributed by atoms with Crippen LogP contribution in [0, 0.1) is 0 Å². The molecule has 0 bridgehead atoms. The molecular weight excluding hydrogens is 410 g/mol. The molecule has 1 saturated carbocycles. The van der Waals surface area contributed by atoms with Crippen LogP contribution >= 0.6 is 39.9 Å². The van der Waals surface area contributed by atoms with Crippen LogP contribution in [0.2, 0.25) is 0 Å². The number of nitrogens with one attached hydrogen (secondary N) is 2. The van der Waals surface area contributed by atoms with Crippen molar-refractivity contribution in [1.29, 1.82) is 0 Å². The van der Waals surface area contributed by atoms with Gasteiger partial charge in [-0.05, 0) is 60.6 Å². The summed E-state index contributed by atoms with van der Waals surface area (Å²) in [5.41, 5.74) is 0.878. The van der Waals surface area contributed by atoms with Gasteiger partial charge in [0.15, 0.2) is 5.11 Å². The third-order valence-corrected chi connectivity index (χ3v) is 5.22. The lowest BCUT2D eigenvalue weighted by Gasteiger charge is -2.14. The average molecular weight is 426 g/mol. The first-order chi connectivity index (χ1) is 11.5. The first-order valence-electron chi connectivity index (χ1n) is 7.58. The maximum Gasteiger partial charge on any atom is 0.293 e. The second kappa shape index (κ2) is 7.67. The Balaban J connectivity index is 1.56. The number of imide groups is 1. The van der Waals surface area contributed by atoms with E-state index in [1.165, 1.54) is 4.90 Å². The third-order valence-electron chi connectivity index (χ3n) is 3.55. The van der Waals surface area contributed by atoms with Gasteiger partial charge in [0.05, 0.1) is 4.91 Å². The van der Waals surface area contributed by atoms with Crippen LogP contribution in [0.15, 0.2) is 33.6 Å². The first-order valence-corrected chi connectivity index (χ1v) is 9.60. The van der Waals surface area contributed by atoms with Crippen LogP contribution in [0.3, 0.4) is 0 Å². The van der Waals surface area contributed by atoms with E-state index in [9.17, 15) is 9.59 Å². The van der Waals surface area contributed by atoms with Gasteiger partial charge in [0.1, 0.15) is 0 Å². The molecule has 2 fully saturated rings. The van der Waals surface area contributed by atoms with Crippen molar-refractivity contribution < 1.29 is 9.59 Å². The van der Waals surface area contributed by atoms with Crippen LogP contribution in [0.1, 0.15) is 18.4 Å². The Morgan fingerprint density at radius 2 is 2.21 bits per heavy atom. The van der Waals surface area contributed by atoms with Gasteiger partial charge in [-0.1, -0.05) is 28.1 Å². The molecule has 0 radical (unpaired) electrons. The van der Waals surface area contributed by atoms with Gasteiger partial charge in [-0.25, -0.2) is 0 Å². The zero-order valence-corrected chi connectivity index (χ0v) is 16.0. The van der Waals surface area contributed by atoms with E-state index in [-0.39, 0.29) is 11.1 Å². The highest BCUT2D eigenvalue weighted by atomic mass is 79.9. The van der Waals surface area contributed by atoms with Crippen molar-refractivity contribution in [3.8, 4) is 0 Å². The Bertz CT molecular complexity index is 719. The molecule has 1 aliphatic carbocycles. The Morgan fingerprint density at radius 3 is 2.92 bits per heavy atom. The van der Waals surface area contributed by atoms with Gasteiger partial charge in [0.2, 0.25) is 0 Å². The van der Waals surface area contributed by atoms with Crippen molar-refractivity contribution >= 4 is 62.2 Å². The van der Waals surface area contributed by atoms with Crippen molar-refractivity contribution in [2.75, 3.05) is 13.1 Å². The topological polar surface area (TPSA) is 61.4 Å². The van der Waals surface area contributed by atoms with Gasteiger partial charge >= 0.3 is 0 Å². The predicted octanol–water partition coefficient (Wildman–Crippen LogP) is 3.11. The number of nitrogens with zero attached hydrogens (tertiary/aromatic N) is 1. The maximum absolute atomic E-state index is 12.4. The van der Waals surface area contributed by atoms with E-state index in [2.05, 4.69) is 26.6 Å². The number of benzene rings is 1. The van der Waals surface area contributed by atoms with E-state index < -0.39 is 0 Å². The largest absolute Gasteiger partial charge is 0.361 e. The molecule has 1 heterocycles. The fourth-order valence-corrected chi connectivity index (χ4v) is 3.74. The SMILES string of the molecule is O=C1S/C(=C\c2cccc(Br)c2)C(=O)N1CCNC(=S)NC1CC1. The van der Waals surface area contributed by atoms with Gasteiger partial charge in [0.25, 0.3) is 11.1 Å². The second-order valence-electron chi connectivity index (χ2n) is 5.56. The standard InChI is InChI=1S/C16H16BrN3O2S2/c17-11-3-1-2-10(8-11)9-13-14(21)20(16(22)24-13)7-6-18-15(23)19-12-4-5-12/h1-3,8-9,12H,4-7H2,(H2,18,19,23)/b13-9-. The molecule has 126 valence electrons. The van der Waals surface area contributed by atoms with Crippen molar-refractivity contribution in [3.05, 3.63) is 39.2 Å². The summed E-state index contributed by atoms with van der Waals surface area (Å²) < 4.78 is 0.927. The van der Waals surface area contributed by atoms with Crippen molar-refractivity contribution in [2.24, 2.45) is 0 Å². The van der Waals surface area contributed by atoms with E-state index in [4.69, 9.17) is 12.2 Å². The number of carbonyl (C=O) groups excluding carboxylic acids is 2. The molecule has 0 unspecified atom stereocenters. The maximum atomic E-state index is 12.4. The molecule has 2 N–H and O–H groups in total. The summed E-state index contributed by atoms with van der Waals surface area (Å²) >= 11 is 9.52. The highest BCUT2D eigenvalue weighted by molar-refractivity contribution is 9.10. The average Bonchev–Trinajstić information content (AvgIpc) is 3.29. The van der Waals surface area contributed by atoms with E-state index >= 15 is 0 Å². The molecule has 24 heavy (non-hydrogen) atoms. The number of thiocarbonyl (C=S) groups is 1. The summed E-state index contributed by atoms with van der Waals surface area (Å²) in [5.74, 6) is -0.257. The van der Waals surface area contributed by atoms with E-state index in [1.54, 1.807) is 6.08 Å². The lowest BCUT2D eigenvalue weighted by molar-refractivity contribution is -0.122. The minimum Gasteiger partial charge on any atom is -0.361 e. The van der Waals surface area contributed by atoms with E-state index in [1.807, 2.05) is 24.3 Å². The van der Waals surface area contributed by atoms with Crippen molar-refractivity contribution in [2.45, 2.75) is 18.9 Å². The quantitative estimate of drug-likeness (QED) is 0.558. The monoisotopic (exact) mass is 425 g/mol. The zero-order valence-electron chi connectivity index (χ0n) is 12.8. The minimum atomic E-state index is -0.257. The van der Waals surface area contributed by atoms with Crippen LogP contribution in [0.25, 0.3) is 6.08 Å². The fraction of sp³-hybridized carbons (Fsp3) is 0.312. The summed E-state index contributed by atoms with van der Waals surface area (Å²) in [4.78, 5) is 26.1. The van der Waals surface area contributed by atoms with Gasteiger partial charge < -0.3 is 10.6 Å². The van der Waals surface area contributed by atoms with Gasteiger partial charge in [0, 0.05) is 23.6 Å². The number of thioether (sulfide) groups is 1. The van der Waals surface area contributed by atoms with E-state index in [0.717, 1.165) is 34.6 Å². The first kappa shape index (κ1) is 17.4. The number of amides is 2.